The van der Waals surface area contributed by atoms with E-state index >= 15 is 0 Å². The van der Waals surface area contributed by atoms with Gasteiger partial charge in [0.2, 0.25) is 10.0 Å². The number of nitro groups is 1. The van der Waals surface area contributed by atoms with E-state index in [1.165, 1.54) is 12.1 Å². The van der Waals surface area contributed by atoms with E-state index in [2.05, 4.69) is 10.0 Å². The third-order valence-corrected chi connectivity index (χ3v) is 6.17. The van der Waals surface area contributed by atoms with Gasteiger partial charge in [0.05, 0.1) is 16.4 Å². The largest absolute Gasteiger partial charge is 0.384 e. The molecule has 1 aliphatic rings. The lowest BCUT2D eigenvalue weighted by atomic mass is 9.80. The van der Waals surface area contributed by atoms with Gasteiger partial charge in [-0.25, -0.2) is 13.1 Å². The Morgan fingerprint density at radius 1 is 1.35 bits per heavy atom. The van der Waals surface area contributed by atoms with E-state index in [9.17, 15) is 18.5 Å². The van der Waals surface area contributed by atoms with Crippen LogP contribution in [0, 0.1) is 15.5 Å². The van der Waals surface area contributed by atoms with Crippen molar-refractivity contribution in [2.45, 2.75) is 31.1 Å². The van der Waals surface area contributed by atoms with Crippen LogP contribution in [0.5, 0.6) is 0 Å². The molecule has 0 unspecified atom stereocenters. The molecule has 8 nitrogen and oxygen atoms in total. The predicted octanol–water partition coefficient (Wildman–Crippen LogP) is 1.87. The Labute approximate surface area is 160 Å². The highest BCUT2D eigenvalue weighted by Gasteiger charge is 2.34. The fourth-order valence-corrected chi connectivity index (χ4v) is 4.65. The van der Waals surface area contributed by atoms with Crippen LogP contribution < -0.4 is 10.0 Å². The smallest absolute Gasteiger partial charge is 0.270 e. The van der Waals surface area contributed by atoms with Gasteiger partial charge in [-0.15, -0.1) is 12.4 Å². The molecule has 0 spiro atoms. The molecule has 0 atom stereocenters. The second-order valence-electron chi connectivity index (χ2n) is 6.41. The summed E-state index contributed by atoms with van der Waals surface area (Å²) in [4.78, 5) is 10.4. The minimum atomic E-state index is -3.85. The van der Waals surface area contributed by atoms with Gasteiger partial charge in [-0.05, 0) is 37.9 Å². The summed E-state index contributed by atoms with van der Waals surface area (Å²) in [7, 11) is -2.24. The van der Waals surface area contributed by atoms with Crippen LogP contribution >= 0.6 is 12.4 Å². The van der Waals surface area contributed by atoms with Crippen molar-refractivity contribution in [1.29, 1.82) is 0 Å². The first-order valence-electron chi connectivity index (χ1n) is 8.30. The standard InChI is InChI=1S/C16H25N3O5S.ClH/c1-3-13-4-5-14(19(20)21)10-15(13)25(22,23)18-11-16(12-24-2)6-8-17-9-7-16;/h4-5,10,17-18H,3,6-9,11-12H2,1-2H3;1H. The molecule has 10 heteroatoms. The first-order valence-corrected chi connectivity index (χ1v) is 9.78. The zero-order valence-electron chi connectivity index (χ0n) is 15.0. The van der Waals surface area contributed by atoms with Gasteiger partial charge < -0.3 is 10.1 Å². The number of nitrogens with one attached hydrogen (secondary N) is 2. The molecule has 1 saturated heterocycles. The summed E-state index contributed by atoms with van der Waals surface area (Å²) < 4.78 is 33.5. The van der Waals surface area contributed by atoms with Crippen LogP contribution in [-0.4, -0.2) is 46.7 Å². The second-order valence-corrected chi connectivity index (χ2v) is 8.15. The first kappa shape index (κ1) is 22.8. The van der Waals surface area contributed by atoms with Crippen LogP contribution in [0.4, 0.5) is 5.69 Å². The Kier molecular flexibility index (Phi) is 8.42. The number of nitrogens with zero attached hydrogens (tertiary/aromatic N) is 1. The van der Waals surface area contributed by atoms with Crippen molar-refractivity contribution >= 4 is 28.1 Å². The monoisotopic (exact) mass is 407 g/mol. The lowest BCUT2D eigenvalue weighted by Gasteiger charge is -2.37. The minimum absolute atomic E-state index is 0. The summed E-state index contributed by atoms with van der Waals surface area (Å²) in [6.45, 7) is 4.15. The molecule has 0 aromatic heterocycles. The number of benzene rings is 1. The van der Waals surface area contributed by atoms with Crippen molar-refractivity contribution in [2.75, 3.05) is 33.4 Å². The van der Waals surface area contributed by atoms with Crippen molar-refractivity contribution in [1.82, 2.24) is 10.0 Å². The molecule has 0 aliphatic carbocycles. The van der Waals surface area contributed by atoms with Crippen LogP contribution in [0.25, 0.3) is 0 Å². The maximum absolute atomic E-state index is 12.8. The summed E-state index contributed by atoms with van der Waals surface area (Å²) in [6, 6.07) is 3.96. The normalized spacial score (nSPS) is 16.7. The van der Waals surface area contributed by atoms with E-state index < -0.39 is 14.9 Å². The van der Waals surface area contributed by atoms with Gasteiger partial charge in [0.15, 0.2) is 0 Å². The Morgan fingerprint density at radius 2 is 2.00 bits per heavy atom. The molecule has 0 saturated carbocycles. The molecule has 1 aliphatic heterocycles. The van der Waals surface area contributed by atoms with E-state index in [0.717, 1.165) is 32.0 Å². The fourth-order valence-electron chi connectivity index (χ4n) is 3.16. The van der Waals surface area contributed by atoms with E-state index in [-0.39, 0.29) is 34.9 Å². The van der Waals surface area contributed by atoms with Gasteiger partial charge in [0.1, 0.15) is 0 Å². The molecule has 26 heavy (non-hydrogen) atoms. The molecule has 2 N–H and O–H groups in total. The molecule has 1 fully saturated rings. The summed E-state index contributed by atoms with van der Waals surface area (Å²) in [5.41, 5.74) is 0.0652. The fraction of sp³-hybridized carbons (Fsp3) is 0.625. The average molecular weight is 408 g/mol. The van der Waals surface area contributed by atoms with E-state index in [4.69, 9.17) is 4.74 Å². The number of sulfonamides is 1. The first-order chi connectivity index (χ1) is 11.8. The van der Waals surface area contributed by atoms with Crippen LogP contribution in [-0.2, 0) is 21.2 Å². The SMILES string of the molecule is CCc1ccc([N+](=O)[O-])cc1S(=O)(=O)NCC1(COC)CCNCC1.Cl. The number of non-ortho nitro benzene ring substituents is 1. The van der Waals surface area contributed by atoms with Crippen LogP contribution in [0.2, 0.25) is 0 Å². The lowest BCUT2D eigenvalue weighted by molar-refractivity contribution is -0.385. The molecule has 0 amide bonds. The highest BCUT2D eigenvalue weighted by atomic mass is 35.5. The molecule has 2 rings (SSSR count). The Balaban J connectivity index is 0.00000338. The second kappa shape index (κ2) is 9.61. The van der Waals surface area contributed by atoms with Gasteiger partial charge >= 0.3 is 0 Å². The molecule has 1 heterocycles. The highest BCUT2D eigenvalue weighted by molar-refractivity contribution is 7.89. The number of rotatable bonds is 8. The quantitative estimate of drug-likeness (QED) is 0.502. The van der Waals surface area contributed by atoms with E-state index in [1.54, 1.807) is 7.11 Å². The maximum atomic E-state index is 12.8. The molecule has 0 bridgehead atoms. The van der Waals surface area contributed by atoms with E-state index in [0.29, 0.717) is 18.6 Å². The number of ether oxygens (including phenoxy) is 1. The van der Waals surface area contributed by atoms with Gasteiger partial charge in [-0.1, -0.05) is 13.0 Å². The summed E-state index contributed by atoms with van der Waals surface area (Å²) in [5.74, 6) is 0. The summed E-state index contributed by atoms with van der Waals surface area (Å²) in [6.07, 6.45) is 2.08. The topological polar surface area (TPSA) is 111 Å². The van der Waals surface area contributed by atoms with Gasteiger partial charge in [0.25, 0.3) is 5.69 Å². The Hall–Kier alpha value is -1.26. The lowest BCUT2D eigenvalue weighted by Crippen LogP contribution is -2.47. The predicted molar refractivity (Wildman–Crippen MR) is 101 cm³/mol. The molecule has 1 aromatic carbocycles. The van der Waals surface area contributed by atoms with Gasteiger partial charge in [0, 0.05) is 31.2 Å². The zero-order valence-corrected chi connectivity index (χ0v) is 16.6. The highest BCUT2D eigenvalue weighted by Crippen LogP contribution is 2.29. The molecular weight excluding hydrogens is 382 g/mol. The van der Waals surface area contributed by atoms with Gasteiger partial charge in [-0.3, -0.25) is 10.1 Å². The number of halogens is 1. The van der Waals surface area contributed by atoms with E-state index in [1.807, 2.05) is 6.92 Å². The average Bonchev–Trinajstić information content (AvgIpc) is 2.60. The molecule has 148 valence electrons. The number of nitro benzene ring substituents is 1. The number of hydrogen-bond donors (Lipinski definition) is 2. The number of piperidine rings is 1. The maximum Gasteiger partial charge on any atom is 0.270 e. The number of hydrogen-bond acceptors (Lipinski definition) is 6. The Bertz CT molecular complexity index is 715. The van der Waals surface area contributed by atoms with Crippen molar-refractivity contribution in [3.8, 4) is 0 Å². The molecular formula is C16H26ClN3O5S. The molecule has 0 radical (unpaired) electrons. The summed E-state index contributed by atoms with van der Waals surface area (Å²) >= 11 is 0. The third kappa shape index (κ3) is 5.37. The molecule has 1 aromatic rings. The number of aryl methyl sites for hydroxylation is 1. The zero-order chi connectivity index (χ0) is 18.5. The van der Waals surface area contributed by atoms with Crippen LogP contribution in [0.3, 0.4) is 0 Å². The van der Waals surface area contributed by atoms with Crippen molar-refractivity contribution < 1.29 is 18.1 Å². The van der Waals surface area contributed by atoms with Crippen LogP contribution in [0.1, 0.15) is 25.3 Å². The number of methoxy groups -OCH3 is 1. The van der Waals surface area contributed by atoms with Crippen LogP contribution in [0.15, 0.2) is 23.1 Å². The van der Waals surface area contributed by atoms with Crippen molar-refractivity contribution in [3.05, 3.63) is 33.9 Å². The Morgan fingerprint density at radius 3 is 2.54 bits per heavy atom. The van der Waals surface area contributed by atoms with Crippen molar-refractivity contribution in [3.63, 3.8) is 0 Å². The summed E-state index contributed by atoms with van der Waals surface area (Å²) in [5, 5.41) is 14.2. The van der Waals surface area contributed by atoms with Gasteiger partial charge in [-0.2, -0.15) is 0 Å². The van der Waals surface area contributed by atoms with Crippen molar-refractivity contribution in [2.24, 2.45) is 5.41 Å². The third-order valence-electron chi connectivity index (χ3n) is 4.68. The minimum Gasteiger partial charge on any atom is -0.384 e.